The first-order chi connectivity index (χ1) is 8.16. The molecule has 92 valence electrons. The standard InChI is InChI=1S/C13H18N2O2/c14-12-5-4-10(16)8-11(12)13(17)15-7-6-9-2-1-3-9/h4-5,8-9,16H,1-3,6-7,14H2,(H,15,17). The number of phenolic OH excluding ortho intramolecular Hbond substituents is 1. The topological polar surface area (TPSA) is 75.3 Å². The van der Waals surface area contributed by atoms with Crippen molar-refractivity contribution < 1.29 is 9.90 Å². The maximum absolute atomic E-state index is 11.8. The number of hydrogen-bond donors (Lipinski definition) is 3. The third-order valence-electron chi connectivity index (χ3n) is 3.34. The Bertz CT molecular complexity index is 414. The molecule has 0 atom stereocenters. The highest BCUT2D eigenvalue weighted by Gasteiger charge is 2.17. The molecule has 2 rings (SSSR count). The largest absolute Gasteiger partial charge is 0.508 e. The quantitative estimate of drug-likeness (QED) is 0.550. The summed E-state index contributed by atoms with van der Waals surface area (Å²) in [6.45, 7) is 0.679. The first-order valence-electron chi connectivity index (χ1n) is 6.03. The van der Waals surface area contributed by atoms with E-state index < -0.39 is 0 Å². The molecule has 1 aromatic carbocycles. The molecule has 0 aliphatic heterocycles. The Kier molecular flexibility index (Phi) is 3.52. The van der Waals surface area contributed by atoms with Crippen molar-refractivity contribution in [3.8, 4) is 5.75 Å². The third kappa shape index (κ3) is 2.90. The number of hydrogen-bond acceptors (Lipinski definition) is 3. The molecule has 0 saturated heterocycles. The summed E-state index contributed by atoms with van der Waals surface area (Å²) < 4.78 is 0. The van der Waals surface area contributed by atoms with Gasteiger partial charge in [0, 0.05) is 12.2 Å². The zero-order valence-corrected chi connectivity index (χ0v) is 9.78. The first-order valence-corrected chi connectivity index (χ1v) is 6.03. The zero-order chi connectivity index (χ0) is 12.3. The fraction of sp³-hybridized carbons (Fsp3) is 0.462. The van der Waals surface area contributed by atoms with E-state index in [0.717, 1.165) is 12.3 Å². The molecule has 4 nitrogen and oxygen atoms in total. The van der Waals surface area contributed by atoms with Crippen molar-refractivity contribution in [2.24, 2.45) is 5.92 Å². The molecule has 1 saturated carbocycles. The second-order valence-corrected chi connectivity index (χ2v) is 4.61. The molecule has 0 unspecified atom stereocenters. The van der Waals surface area contributed by atoms with Crippen molar-refractivity contribution in [2.45, 2.75) is 25.7 Å². The van der Waals surface area contributed by atoms with Crippen LogP contribution in [0.3, 0.4) is 0 Å². The molecule has 1 aromatic rings. The highest BCUT2D eigenvalue weighted by Crippen LogP contribution is 2.28. The minimum Gasteiger partial charge on any atom is -0.508 e. The van der Waals surface area contributed by atoms with Crippen LogP contribution in [0.15, 0.2) is 18.2 Å². The van der Waals surface area contributed by atoms with Gasteiger partial charge in [-0.15, -0.1) is 0 Å². The van der Waals surface area contributed by atoms with E-state index in [-0.39, 0.29) is 11.7 Å². The molecule has 0 radical (unpaired) electrons. The van der Waals surface area contributed by atoms with Gasteiger partial charge in [-0.1, -0.05) is 19.3 Å². The molecular formula is C13H18N2O2. The van der Waals surface area contributed by atoms with Crippen molar-refractivity contribution in [2.75, 3.05) is 12.3 Å². The monoisotopic (exact) mass is 234 g/mol. The third-order valence-corrected chi connectivity index (χ3v) is 3.34. The number of amides is 1. The van der Waals surface area contributed by atoms with Gasteiger partial charge in [0.15, 0.2) is 0 Å². The van der Waals surface area contributed by atoms with Crippen LogP contribution >= 0.6 is 0 Å². The van der Waals surface area contributed by atoms with Crippen LogP contribution in [0.2, 0.25) is 0 Å². The second kappa shape index (κ2) is 5.08. The summed E-state index contributed by atoms with van der Waals surface area (Å²) in [7, 11) is 0. The van der Waals surface area contributed by atoms with Crippen LogP contribution in [0.1, 0.15) is 36.0 Å². The Morgan fingerprint density at radius 3 is 2.88 bits per heavy atom. The van der Waals surface area contributed by atoms with Crippen LogP contribution in [0, 0.1) is 5.92 Å². The highest BCUT2D eigenvalue weighted by atomic mass is 16.3. The number of nitrogen functional groups attached to an aromatic ring is 1. The van der Waals surface area contributed by atoms with E-state index in [1.165, 1.54) is 37.5 Å². The number of anilines is 1. The summed E-state index contributed by atoms with van der Waals surface area (Å²) in [5.41, 5.74) is 6.43. The number of nitrogens with two attached hydrogens (primary N) is 1. The van der Waals surface area contributed by atoms with E-state index in [2.05, 4.69) is 5.32 Å². The van der Waals surface area contributed by atoms with Gasteiger partial charge in [-0.3, -0.25) is 4.79 Å². The number of carbonyl (C=O) groups is 1. The summed E-state index contributed by atoms with van der Waals surface area (Å²) in [6, 6.07) is 4.41. The smallest absolute Gasteiger partial charge is 0.253 e. The van der Waals surface area contributed by atoms with Crippen LogP contribution in [-0.4, -0.2) is 17.6 Å². The van der Waals surface area contributed by atoms with Gasteiger partial charge in [0.1, 0.15) is 5.75 Å². The minimum atomic E-state index is -0.210. The SMILES string of the molecule is Nc1ccc(O)cc1C(=O)NCCC1CCC1. The Hall–Kier alpha value is -1.71. The van der Waals surface area contributed by atoms with Crippen molar-refractivity contribution in [3.05, 3.63) is 23.8 Å². The summed E-state index contributed by atoms with van der Waals surface area (Å²) in [6.07, 6.45) is 4.91. The number of phenols is 1. The average molecular weight is 234 g/mol. The number of aromatic hydroxyl groups is 1. The van der Waals surface area contributed by atoms with Gasteiger partial charge in [-0.2, -0.15) is 0 Å². The van der Waals surface area contributed by atoms with Gasteiger partial charge < -0.3 is 16.2 Å². The summed E-state index contributed by atoms with van der Waals surface area (Å²) >= 11 is 0. The van der Waals surface area contributed by atoms with Crippen LogP contribution < -0.4 is 11.1 Å². The molecule has 1 aliphatic rings. The van der Waals surface area contributed by atoms with E-state index in [4.69, 9.17) is 5.73 Å². The van der Waals surface area contributed by atoms with Crippen LogP contribution in [-0.2, 0) is 0 Å². The number of nitrogens with one attached hydrogen (secondary N) is 1. The molecule has 4 heteroatoms. The predicted octanol–water partition coefficient (Wildman–Crippen LogP) is 1.89. The Morgan fingerprint density at radius 2 is 2.24 bits per heavy atom. The van der Waals surface area contributed by atoms with E-state index in [9.17, 15) is 9.90 Å². The maximum Gasteiger partial charge on any atom is 0.253 e. The predicted molar refractivity (Wildman–Crippen MR) is 66.8 cm³/mol. The van der Waals surface area contributed by atoms with Gasteiger partial charge in [-0.25, -0.2) is 0 Å². The van der Waals surface area contributed by atoms with E-state index in [0.29, 0.717) is 17.8 Å². The lowest BCUT2D eigenvalue weighted by Gasteiger charge is -2.25. The van der Waals surface area contributed by atoms with Gasteiger partial charge in [0.25, 0.3) is 5.91 Å². The van der Waals surface area contributed by atoms with Crippen LogP contribution in [0.25, 0.3) is 0 Å². The van der Waals surface area contributed by atoms with Gasteiger partial charge in [-0.05, 0) is 30.5 Å². The molecule has 0 bridgehead atoms. The first kappa shape index (κ1) is 11.8. The fourth-order valence-corrected chi connectivity index (χ4v) is 2.01. The molecule has 0 spiro atoms. The number of benzene rings is 1. The average Bonchev–Trinajstić information content (AvgIpc) is 2.25. The van der Waals surface area contributed by atoms with Crippen molar-refractivity contribution in [1.29, 1.82) is 0 Å². The lowest BCUT2D eigenvalue weighted by Crippen LogP contribution is -2.27. The fourth-order valence-electron chi connectivity index (χ4n) is 2.01. The molecule has 1 aliphatic carbocycles. The van der Waals surface area contributed by atoms with Crippen molar-refractivity contribution in [1.82, 2.24) is 5.32 Å². The molecule has 1 amide bonds. The van der Waals surface area contributed by atoms with E-state index in [1.807, 2.05) is 0 Å². The zero-order valence-electron chi connectivity index (χ0n) is 9.78. The van der Waals surface area contributed by atoms with Crippen molar-refractivity contribution in [3.63, 3.8) is 0 Å². The Labute approximate surface area is 101 Å². The molecule has 0 aromatic heterocycles. The summed E-state index contributed by atoms with van der Waals surface area (Å²) in [4.78, 5) is 11.8. The summed E-state index contributed by atoms with van der Waals surface area (Å²) in [5, 5.41) is 12.1. The lowest BCUT2D eigenvalue weighted by atomic mass is 9.83. The van der Waals surface area contributed by atoms with E-state index in [1.54, 1.807) is 0 Å². The minimum absolute atomic E-state index is 0.0587. The van der Waals surface area contributed by atoms with Gasteiger partial charge >= 0.3 is 0 Å². The van der Waals surface area contributed by atoms with Gasteiger partial charge in [0.05, 0.1) is 5.56 Å². The van der Waals surface area contributed by atoms with Gasteiger partial charge in [0.2, 0.25) is 0 Å². The van der Waals surface area contributed by atoms with E-state index >= 15 is 0 Å². The summed E-state index contributed by atoms with van der Waals surface area (Å²) in [5.74, 6) is 0.623. The molecule has 0 heterocycles. The van der Waals surface area contributed by atoms with Crippen LogP contribution in [0.5, 0.6) is 5.75 Å². The number of carbonyl (C=O) groups excluding carboxylic acids is 1. The molecule has 1 fully saturated rings. The molecule has 4 N–H and O–H groups in total. The van der Waals surface area contributed by atoms with Crippen molar-refractivity contribution >= 4 is 11.6 Å². The molecular weight excluding hydrogens is 216 g/mol. The normalized spacial score (nSPS) is 15.3. The molecule has 17 heavy (non-hydrogen) atoms. The number of rotatable bonds is 4. The Balaban J connectivity index is 1.87. The lowest BCUT2D eigenvalue weighted by molar-refractivity contribution is 0.0949. The highest BCUT2D eigenvalue weighted by molar-refractivity contribution is 5.99. The second-order valence-electron chi connectivity index (χ2n) is 4.61. The van der Waals surface area contributed by atoms with Crippen LogP contribution in [0.4, 0.5) is 5.69 Å². The Morgan fingerprint density at radius 1 is 1.47 bits per heavy atom. The maximum atomic E-state index is 11.8.